The van der Waals surface area contributed by atoms with Crippen molar-refractivity contribution in [3.8, 4) is 0 Å². The average Bonchev–Trinajstić information content (AvgIpc) is 2.06. The Morgan fingerprint density at radius 2 is 2.27 bits per heavy atom. The fraction of sp³-hybridized carbons (Fsp3) is 0.333. The van der Waals surface area contributed by atoms with E-state index in [1.165, 1.54) is 24.1 Å². The van der Waals surface area contributed by atoms with Crippen LogP contribution >= 0.6 is 12.6 Å². The molecule has 0 saturated heterocycles. The van der Waals surface area contributed by atoms with Gasteiger partial charge in [0, 0.05) is 11.4 Å². The normalized spacial score (nSPS) is 15.4. The van der Waals surface area contributed by atoms with Gasteiger partial charge in [0.05, 0.1) is 5.69 Å². The van der Waals surface area contributed by atoms with E-state index < -0.39 is 0 Å². The summed E-state index contributed by atoms with van der Waals surface area (Å²) < 4.78 is 0. The first-order chi connectivity index (χ1) is 5.38. The number of para-hydroxylation sites is 1. The predicted molar refractivity (Wildman–Crippen MR) is 50.5 cm³/mol. The third-order valence-electron chi connectivity index (χ3n) is 2.05. The SMILES string of the molecule is Sc1cccc2c1NCCC2. The lowest BCUT2D eigenvalue weighted by Crippen LogP contribution is -2.11. The predicted octanol–water partition coefficient (Wildman–Crippen LogP) is 2.33. The number of hydrogen-bond acceptors (Lipinski definition) is 2. The van der Waals surface area contributed by atoms with Crippen LogP contribution in [0, 0.1) is 0 Å². The topological polar surface area (TPSA) is 12.0 Å². The largest absolute Gasteiger partial charge is 0.384 e. The smallest absolute Gasteiger partial charge is 0.0508 e. The van der Waals surface area contributed by atoms with Gasteiger partial charge >= 0.3 is 0 Å². The van der Waals surface area contributed by atoms with Crippen LogP contribution in [0.15, 0.2) is 23.1 Å². The summed E-state index contributed by atoms with van der Waals surface area (Å²) in [5.41, 5.74) is 2.64. The van der Waals surface area contributed by atoms with E-state index in [2.05, 4.69) is 30.1 Å². The van der Waals surface area contributed by atoms with Crippen molar-refractivity contribution in [1.29, 1.82) is 0 Å². The molecule has 1 N–H and O–H groups in total. The molecule has 1 heterocycles. The first-order valence-electron chi connectivity index (χ1n) is 3.92. The number of thiol groups is 1. The molecule has 1 nitrogen and oxygen atoms in total. The number of aryl methyl sites for hydroxylation is 1. The third kappa shape index (κ3) is 1.23. The summed E-state index contributed by atoms with van der Waals surface area (Å²) in [6.07, 6.45) is 2.43. The molecule has 0 spiro atoms. The fourth-order valence-electron chi connectivity index (χ4n) is 1.49. The van der Waals surface area contributed by atoms with Crippen LogP contribution in [0.5, 0.6) is 0 Å². The average molecular weight is 165 g/mol. The van der Waals surface area contributed by atoms with E-state index in [1.54, 1.807) is 0 Å². The summed E-state index contributed by atoms with van der Waals surface area (Å²) in [6, 6.07) is 6.26. The maximum Gasteiger partial charge on any atom is 0.0508 e. The van der Waals surface area contributed by atoms with Gasteiger partial charge in [-0.1, -0.05) is 12.1 Å². The lowest BCUT2D eigenvalue weighted by molar-refractivity contribution is 0.824. The molecule has 0 radical (unpaired) electrons. The van der Waals surface area contributed by atoms with Crippen molar-refractivity contribution in [2.24, 2.45) is 0 Å². The summed E-state index contributed by atoms with van der Waals surface area (Å²) in [6.45, 7) is 1.09. The highest BCUT2D eigenvalue weighted by Gasteiger charge is 2.09. The van der Waals surface area contributed by atoms with Crippen molar-refractivity contribution >= 4 is 18.3 Å². The fourth-order valence-corrected chi connectivity index (χ4v) is 1.80. The van der Waals surface area contributed by atoms with Crippen molar-refractivity contribution in [3.05, 3.63) is 23.8 Å². The van der Waals surface area contributed by atoms with E-state index in [0.717, 1.165) is 11.4 Å². The van der Waals surface area contributed by atoms with Crippen LogP contribution in [0.4, 0.5) is 5.69 Å². The Bertz CT molecular complexity index is 270. The van der Waals surface area contributed by atoms with Crippen LogP contribution in [0.1, 0.15) is 12.0 Å². The van der Waals surface area contributed by atoms with Crippen molar-refractivity contribution in [1.82, 2.24) is 0 Å². The quantitative estimate of drug-likeness (QED) is 0.562. The maximum atomic E-state index is 4.37. The van der Waals surface area contributed by atoms with Crippen LogP contribution in [0.25, 0.3) is 0 Å². The lowest BCUT2D eigenvalue weighted by Gasteiger charge is -2.18. The van der Waals surface area contributed by atoms with Gasteiger partial charge in [-0.05, 0) is 24.5 Å². The van der Waals surface area contributed by atoms with E-state index in [4.69, 9.17) is 0 Å². The van der Waals surface area contributed by atoms with Gasteiger partial charge in [-0.25, -0.2) is 0 Å². The van der Waals surface area contributed by atoms with Crippen molar-refractivity contribution in [2.75, 3.05) is 11.9 Å². The number of fused-ring (bicyclic) bond motifs is 1. The minimum Gasteiger partial charge on any atom is -0.384 e. The summed E-state index contributed by atoms with van der Waals surface area (Å²) in [4.78, 5) is 1.07. The van der Waals surface area contributed by atoms with E-state index in [1.807, 2.05) is 6.07 Å². The Morgan fingerprint density at radius 1 is 1.36 bits per heavy atom. The van der Waals surface area contributed by atoms with Gasteiger partial charge in [-0.3, -0.25) is 0 Å². The molecule has 1 aliphatic rings. The molecule has 0 unspecified atom stereocenters. The molecule has 1 aromatic carbocycles. The third-order valence-corrected chi connectivity index (χ3v) is 2.43. The number of benzene rings is 1. The van der Waals surface area contributed by atoms with E-state index in [-0.39, 0.29) is 0 Å². The Balaban J connectivity index is 2.49. The molecule has 0 fully saturated rings. The van der Waals surface area contributed by atoms with Crippen molar-refractivity contribution < 1.29 is 0 Å². The summed E-state index contributed by atoms with van der Waals surface area (Å²) >= 11 is 4.37. The molecule has 1 aliphatic heterocycles. The summed E-state index contributed by atoms with van der Waals surface area (Å²) in [5.74, 6) is 0. The van der Waals surface area contributed by atoms with Gasteiger partial charge in [0.15, 0.2) is 0 Å². The van der Waals surface area contributed by atoms with Crippen LogP contribution in [-0.4, -0.2) is 6.54 Å². The summed E-state index contributed by atoms with van der Waals surface area (Å²) in [5, 5.41) is 3.35. The van der Waals surface area contributed by atoms with Gasteiger partial charge in [0.2, 0.25) is 0 Å². The Labute approximate surface area is 72.2 Å². The van der Waals surface area contributed by atoms with Crippen LogP contribution in [-0.2, 0) is 6.42 Å². The first-order valence-corrected chi connectivity index (χ1v) is 4.37. The molecule has 0 amide bonds. The standard InChI is InChI=1S/C9H11NS/c11-8-5-1-3-7-4-2-6-10-9(7)8/h1,3,5,10-11H,2,4,6H2. The highest BCUT2D eigenvalue weighted by molar-refractivity contribution is 7.80. The highest BCUT2D eigenvalue weighted by Crippen LogP contribution is 2.27. The number of nitrogens with one attached hydrogen (secondary N) is 1. The number of rotatable bonds is 0. The zero-order valence-electron chi connectivity index (χ0n) is 6.30. The van der Waals surface area contributed by atoms with E-state index in [0.29, 0.717) is 0 Å². The zero-order valence-corrected chi connectivity index (χ0v) is 7.20. The minimum absolute atomic E-state index is 1.07. The van der Waals surface area contributed by atoms with Gasteiger partial charge in [0.25, 0.3) is 0 Å². The minimum atomic E-state index is 1.07. The van der Waals surface area contributed by atoms with Crippen LogP contribution in [0.3, 0.4) is 0 Å². The molecule has 2 heteroatoms. The monoisotopic (exact) mass is 165 g/mol. The van der Waals surface area contributed by atoms with E-state index in [9.17, 15) is 0 Å². The molecule has 0 bridgehead atoms. The molecule has 11 heavy (non-hydrogen) atoms. The van der Waals surface area contributed by atoms with Crippen molar-refractivity contribution in [2.45, 2.75) is 17.7 Å². The van der Waals surface area contributed by atoms with Crippen molar-refractivity contribution in [3.63, 3.8) is 0 Å². The Morgan fingerprint density at radius 3 is 3.09 bits per heavy atom. The first kappa shape index (κ1) is 7.04. The number of hydrogen-bond donors (Lipinski definition) is 2. The summed E-state index contributed by atoms with van der Waals surface area (Å²) in [7, 11) is 0. The molecule has 58 valence electrons. The van der Waals surface area contributed by atoms with Gasteiger partial charge < -0.3 is 5.32 Å². The van der Waals surface area contributed by atoms with Crippen LogP contribution in [0.2, 0.25) is 0 Å². The molecule has 1 aromatic rings. The van der Waals surface area contributed by atoms with E-state index >= 15 is 0 Å². The Kier molecular flexibility index (Phi) is 1.78. The molecular weight excluding hydrogens is 154 g/mol. The molecule has 2 rings (SSSR count). The molecule has 0 atom stereocenters. The van der Waals surface area contributed by atoms with Crippen LogP contribution < -0.4 is 5.32 Å². The zero-order chi connectivity index (χ0) is 7.68. The van der Waals surface area contributed by atoms with Gasteiger partial charge in [-0.2, -0.15) is 0 Å². The van der Waals surface area contributed by atoms with Gasteiger partial charge in [0.1, 0.15) is 0 Å². The molecule has 0 aliphatic carbocycles. The second-order valence-electron chi connectivity index (χ2n) is 2.84. The Hall–Kier alpha value is -0.630. The molecule has 0 aromatic heterocycles. The molecule has 0 saturated carbocycles. The molecular formula is C9H11NS. The second-order valence-corrected chi connectivity index (χ2v) is 3.32. The number of anilines is 1. The highest BCUT2D eigenvalue weighted by atomic mass is 32.1. The lowest BCUT2D eigenvalue weighted by atomic mass is 10.0. The maximum absolute atomic E-state index is 4.37. The second kappa shape index (κ2) is 2.78. The van der Waals surface area contributed by atoms with Gasteiger partial charge in [-0.15, -0.1) is 12.6 Å².